The van der Waals surface area contributed by atoms with Crippen LogP contribution in [0.25, 0.3) is 10.9 Å². The zero-order chi connectivity index (χ0) is 18.2. The molecule has 0 saturated heterocycles. The minimum absolute atomic E-state index is 0.223. The Morgan fingerprint density at radius 1 is 1.08 bits per heavy atom. The van der Waals surface area contributed by atoms with E-state index in [9.17, 15) is 8.42 Å². The SMILES string of the molecule is CCc1c(C)nc2ccc(NS(=O)(=O)c3ccc(C)cc3)cc2c1Cl. The molecule has 6 heteroatoms. The van der Waals surface area contributed by atoms with E-state index in [0.717, 1.165) is 34.1 Å². The molecule has 25 heavy (non-hydrogen) atoms. The largest absolute Gasteiger partial charge is 0.280 e. The van der Waals surface area contributed by atoms with Crippen molar-refractivity contribution in [1.82, 2.24) is 4.98 Å². The molecule has 3 aromatic rings. The van der Waals surface area contributed by atoms with Gasteiger partial charge < -0.3 is 0 Å². The molecular weight excluding hydrogens is 356 g/mol. The Balaban J connectivity index is 2.03. The molecule has 1 aromatic heterocycles. The van der Waals surface area contributed by atoms with Crippen molar-refractivity contribution in [3.05, 3.63) is 64.3 Å². The summed E-state index contributed by atoms with van der Waals surface area (Å²) in [5.74, 6) is 0. The van der Waals surface area contributed by atoms with Gasteiger partial charge in [-0.3, -0.25) is 9.71 Å². The van der Waals surface area contributed by atoms with E-state index in [1.165, 1.54) is 0 Å². The summed E-state index contributed by atoms with van der Waals surface area (Å²) in [6.07, 6.45) is 0.771. The number of halogens is 1. The number of hydrogen-bond donors (Lipinski definition) is 1. The van der Waals surface area contributed by atoms with Gasteiger partial charge in [-0.15, -0.1) is 0 Å². The molecule has 0 aliphatic heterocycles. The third-order valence-electron chi connectivity index (χ3n) is 4.16. The number of rotatable bonds is 4. The average Bonchev–Trinajstić information content (AvgIpc) is 2.56. The van der Waals surface area contributed by atoms with E-state index in [-0.39, 0.29) is 4.90 Å². The number of hydrogen-bond acceptors (Lipinski definition) is 3. The summed E-state index contributed by atoms with van der Waals surface area (Å²) in [7, 11) is -3.65. The van der Waals surface area contributed by atoms with Gasteiger partial charge in [0, 0.05) is 16.8 Å². The Morgan fingerprint density at radius 2 is 1.76 bits per heavy atom. The molecule has 0 fully saturated rings. The fraction of sp³-hybridized carbons (Fsp3) is 0.211. The van der Waals surface area contributed by atoms with Crippen molar-refractivity contribution >= 4 is 38.2 Å². The number of sulfonamides is 1. The number of nitrogens with zero attached hydrogens (tertiary/aromatic N) is 1. The van der Waals surface area contributed by atoms with E-state index in [2.05, 4.69) is 9.71 Å². The zero-order valence-electron chi connectivity index (χ0n) is 14.3. The minimum Gasteiger partial charge on any atom is -0.280 e. The number of nitrogens with one attached hydrogen (secondary N) is 1. The van der Waals surface area contributed by atoms with Crippen molar-refractivity contribution < 1.29 is 8.42 Å². The summed E-state index contributed by atoms with van der Waals surface area (Å²) in [6.45, 7) is 5.86. The number of aryl methyl sites for hydroxylation is 2. The molecule has 0 amide bonds. The Hall–Kier alpha value is -2.11. The molecule has 1 N–H and O–H groups in total. The number of benzene rings is 2. The summed E-state index contributed by atoms with van der Waals surface area (Å²) in [5.41, 5.74) is 4.09. The first-order chi connectivity index (χ1) is 11.8. The lowest BCUT2D eigenvalue weighted by molar-refractivity contribution is 0.601. The summed E-state index contributed by atoms with van der Waals surface area (Å²) in [4.78, 5) is 4.77. The van der Waals surface area contributed by atoms with Crippen molar-refractivity contribution in [1.29, 1.82) is 0 Å². The highest BCUT2D eigenvalue weighted by atomic mass is 35.5. The number of pyridine rings is 1. The third kappa shape index (κ3) is 3.48. The van der Waals surface area contributed by atoms with Crippen LogP contribution in [0.5, 0.6) is 0 Å². The first-order valence-corrected chi connectivity index (χ1v) is 9.86. The fourth-order valence-corrected chi connectivity index (χ4v) is 4.26. The van der Waals surface area contributed by atoms with Gasteiger partial charge in [0.15, 0.2) is 0 Å². The molecule has 0 aliphatic carbocycles. The van der Waals surface area contributed by atoms with Crippen LogP contribution < -0.4 is 4.72 Å². The molecule has 0 aliphatic rings. The maximum absolute atomic E-state index is 12.6. The van der Waals surface area contributed by atoms with Crippen LogP contribution >= 0.6 is 11.6 Å². The second kappa shape index (κ2) is 6.65. The molecule has 0 bridgehead atoms. The van der Waals surface area contributed by atoms with Gasteiger partial charge in [0.1, 0.15) is 0 Å². The number of fused-ring (bicyclic) bond motifs is 1. The van der Waals surface area contributed by atoms with Gasteiger partial charge in [-0.25, -0.2) is 8.42 Å². The maximum atomic E-state index is 12.6. The van der Waals surface area contributed by atoms with Crippen molar-refractivity contribution in [3.63, 3.8) is 0 Å². The van der Waals surface area contributed by atoms with E-state index in [1.54, 1.807) is 42.5 Å². The molecule has 4 nitrogen and oxygen atoms in total. The molecule has 0 saturated carbocycles. The Kier molecular flexibility index (Phi) is 4.71. The van der Waals surface area contributed by atoms with Crippen molar-refractivity contribution in [2.24, 2.45) is 0 Å². The zero-order valence-corrected chi connectivity index (χ0v) is 15.9. The Bertz CT molecular complexity index is 1050. The van der Waals surface area contributed by atoms with Crippen molar-refractivity contribution in [3.8, 4) is 0 Å². The quantitative estimate of drug-likeness (QED) is 0.708. The molecule has 130 valence electrons. The van der Waals surface area contributed by atoms with Crippen LogP contribution in [0.3, 0.4) is 0 Å². The standard InChI is InChI=1S/C19H19ClN2O2S/c1-4-16-13(3)21-18-10-7-14(11-17(18)19(16)20)22-25(23,24)15-8-5-12(2)6-9-15/h5-11,22H,4H2,1-3H3. The number of aromatic nitrogens is 1. The monoisotopic (exact) mass is 374 g/mol. The molecule has 0 unspecified atom stereocenters. The van der Waals surface area contributed by atoms with Crippen LogP contribution in [0.4, 0.5) is 5.69 Å². The van der Waals surface area contributed by atoms with E-state index < -0.39 is 10.0 Å². The molecule has 1 heterocycles. The molecule has 3 rings (SSSR count). The summed E-state index contributed by atoms with van der Waals surface area (Å²) < 4.78 is 27.7. The second-order valence-electron chi connectivity index (χ2n) is 5.99. The van der Waals surface area contributed by atoms with Crippen LogP contribution in [0, 0.1) is 13.8 Å². The van der Waals surface area contributed by atoms with Gasteiger partial charge in [0.05, 0.1) is 15.4 Å². The van der Waals surface area contributed by atoms with Gasteiger partial charge >= 0.3 is 0 Å². The maximum Gasteiger partial charge on any atom is 0.261 e. The molecule has 0 radical (unpaired) electrons. The van der Waals surface area contributed by atoms with Gasteiger partial charge in [0.2, 0.25) is 0 Å². The molecule has 2 aromatic carbocycles. The van der Waals surface area contributed by atoms with Crippen LogP contribution in [0.1, 0.15) is 23.7 Å². The molecular formula is C19H19ClN2O2S. The highest BCUT2D eigenvalue weighted by molar-refractivity contribution is 7.92. The minimum atomic E-state index is -3.65. The van der Waals surface area contributed by atoms with Crippen LogP contribution in [0.15, 0.2) is 47.4 Å². The summed E-state index contributed by atoms with van der Waals surface area (Å²) in [5, 5.41) is 1.37. The molecule has 0 spiro atoms. The Morgan fingerprint density at radius 3 is 2.40 bits per heavy atom. The lowest BCUT2D eigenvalue weighted by Gasteiger charge is -2.12. The third-order valence-corrected chi connectivity index (χ3v) is 5.99. The van der Waals surface area contributed by atoms with Gasteiger partial charge in [-0.1, -0.05) is 36.2 Å². The lowest BCUT2D eigenvalue weighted by Crippen LogP contribution is -2.12. The van der Waals surface area contributed by atoms with Gasteiger partial charge in [-0.05, 0) is 56.2 Å². The van der Waals surface area contributed by atoms with Crippen LogP contribution in [-0.2, 0) is 16.4 Å². The van der Waals surface area contributed by atoms with Gasteiger partial charge in [-0.2, -0.15) is 0 Å². The lowest BCUT2D eigenvalue weighted by atomic mass is 10.1. The average molecular weight is 375 g/mol. The Labute approximate surface area is 152 Å². The highest BCUT2D eigenvalue weighted by Gasteiger charge is 2.15. The number of anilines is 1. The fourth-order valence-electron chi connectivity index (χ4n) is 2.78. The predicted octanol–water partition coefficient (Wildman–Crippen LogP) is 4.87. The summed E-state index contributed by atoms with van der Waals surface area (Å²) >= 11 is 6.51. The van der Waals surface area contributed by atoms with Crippen molar-refractivity contribution in [2.75, 3.05) is 4.72 Å². The predicted molar refractivity (Wildman–Crippen MR) is 103 cm³/mol. The smallest absolute Gasteiger partial charge is 0.261 e. The van der Waals surface area contributed by atoms with Gasteiger partial charge in [0.25, 0.3) is 10.0 Å². The summed E-state index contributed by atoms with van der Waals surface area (Å²) in [6, 6.07) is 11.9. The van der Waals surface area contributed by atoms with E-state index in [4.69, 9.17) is 11.6 Å². The molecule has 0 atom stereocenters. The second-order valence-corrected chi connectivity index (χ2v) is 8.05. The van der Waals surface area contributed by atoms with Crippen molar-refractivity contribution in [2.45, 2.75) is 32.1 Å². The van der Waals surface area contributed by atoms with E-state index >= 15 is 0 Å². The van der Waals surface area contributed by atoms with Crippen LogP contribution in [-0.4, -0.2) is 13.4 Å². The normalized spacial score (nSPS) is 11.7. The topological polar surface area (TPSA) is 59.1 Å². The van der Waals surface area contributed by atoms with E-state index in [0.29, 0.717) is 10.7 Å². The van der Waals surface area contributed by atoms with E-state index in [1.807, 2.05) is 20.8 Å². The first kappa shape index (κ1) is 17.7. The first-order valence-electron chi connectivity index (χ1n) is 8.00. The van der Waals surface area contributed by atoms with Crippen LogP contribution in [0.2, 0.25) is 5.02 Å². The highest BCUT2D eigenvalue weighted by Crippen LogP contribution is 2.31.